The van der Waals surface area contributed by atoms with E-state index in [0.717, 1.165) is 5.56 Å². The minimum atomic E-state index is 0. The zero-order valence-electron chi connectivity index (χ0n) is 13.3. The van der Waals surface area contributed by atoms with Gasteiger partial charge in [0.1, 0.15) is 17.2 Å². The van der Waals surface area contributed by atoms with Crippen LogP contribution >= 0.6 is 0 Å². The second-order valence-corrected chi connectivity index (χ2v) is 4.82. The van der Waals surface area contributed by atoms with Crippen LogP contribution in [-0.4, -0.2) is 26.5 Å². The summed E-state index contributed by atoms with van der Waals surface area (Å²) < 4.78 is 0. The Hall–Kier alpha value is -2.49. The fraction of sp³-hybridized carbons (Fsp3) is 0.0526. The number of hydrogen-bond donors (Lipinski definition) is 3. The van der Waals surface area contributed by atoms with E-state index in [0.29, 0.717) is 11.3 Å². The van der Waals surface area contributed by atoms with Crippen LogP contribution in [-0.2, 0) is 27.7 Å². The standard InChI is InChI=1S/C13H11NO2.C6H7NO.Pt/c15-12-7-3-1-5-10(12)9-14-11-6-2-4-8-13(11)16;8-5-6-1-3-7-4-2-6;/h1-9,15-16H;1-4,8H,5H2;. The predicted octanol–water partition coefficient (Wildman–Crippen LogP) is 3.42. The molecule has 0 radical (unpaired) electrons. The molecule has 6 heteroatoms. The molecule has 3 N–H and O–H groups in total. The van der Waals surface area contributed by atoms with Gasteiger partial charge in [-0.1, -0.05) is 24.3 Å². The van der Waals surface area contributed by atoms with Gasteiger partial charge in [0.2, 0.25) is 0 Å². The zero-order valence-corrected chi connectivity index (χ0v) is 15.5. The third-order valence-electron chi connectivity index (χ3n) is 3.09. The second kappa shape index (κ2) is 11.1. The first-order valence-electron chi connectivity index (χ1n) is 7.30. The fourth-order valence-corrected chi connectivity index (χ4v) is 1.80. The van der Waals surface area contributed by atoms with Crippen molar-refractivity contribution in [1.29, 1.82) is 0 Å². The molecule has 25 heavy (non-hydrogen) atoms. The Morgan fingerprint density at radius 2 is 1.44 bits per heavy atom. The minimum absolute atomic E-state index is 0. The molecule has 0 aliphatic carbocycles. The summed E-state index contributed by atoms with van der Waals surface area (Å²) in [7, 11) is 0. The SMILES string of the molecule is OCc1ccncc1.Oc1ccccc1C=Nc1ccccc1O.[Pt]. The summed E-state index contributed by atoms with van der Waals surface area (Å²) in [5, 5.41) is 27.5. The number of rotatable bonds is 3. The van der Waals surface area contributed by atoms with Crippen LogP contribution in [0.15, 0.2) is 78.0 Å². The summed E-state index contributed by atoms with van der Waals surface area (Å²) in [4.78, 5) is 7.88. The van der Waals surface area contributed by atoms with Crippen molar-refractivity contribution in [2.45, 2.75) is 6.61 Å². The molecule has 0 spiro atoms. The van der Waals surface area contributed by atoms with E-state index in [1.807, 2.05) is 6.07 Å². The van der Waals surface area contributed by atoms with Crippen LogP contribution < -0.4 is 0 Å². The predicted molar refractivity (Wildman–Crippen MR) is 93.6 cm³/mol. The molecule has 0 saturated carbocycles. The van der Waals surface area contributed by atoms with Gasteiger partial charge >= 0.3 is 0 Å². The maximum absolute atomic E-state index is 9.50. The van der Waals surface area contributed by atoms with E-state index in [4.69, 9.17) is 5.11 Å². The first-order valence-corrected chi connectivity index (χ1v) is 7.30. The van der Waals surface area contributed by atoms with Crippen LogP contribution in [0.5, 0.6) is 11.5 Å². The van der Waals surface area contributed by atoms with Crippen LogP contribution in [0.3, 0.4) is 0 Å². The minimum Gasteiger partial charge on any atom is -0.507 e. The molecule has 1 aromatic heterocycles. The first kappa shape index (κ1) is 20.6. The van der Waals surface area contributed by atoms with Crippen molar-refractivity contribution in [3.63, 3.8) is 0 Å². The third kappa shape index (κ3) is 6.87. The Morgan fingerprint density at radius 1 is 0.840 bits per heavy atom. The molecule has 3 rings (SSSR count). The molecule has 132 valence electrons. The van der Waals surface area contributed by atoms with Crippen molar-refractivity contribution in [2.75, 3.05) is 0 Å². The van der Waals surface area contributed by atoms with Gasteiger partial charge in [-0.2, -0.15) is 0 Å². The third-order valence-corrected chi connectivity index (χ3v) is 3.09. The Labute approximate surface area is 160 Å². The van der Waals surface area contributed by atoms with Crippen LogP contribution in [0, 0.1) is 0 Å². The van der Waals surface area contributed by atoms with Gasteiger partial charge in [0, 0.05) is 45.2 Å². The summed E-state index contributed by atoms with van der Waals surface area (Å²) in [5.74, 6) is 0.288. The van der Waals surface area contributed by atoms with Gasteiger partial charge in [-0.25, -0.2) is 0 Å². The molecule has 0 unspecified atom stereocenters. The van der Waals surface area contributed by atoms with Crippen molar-refractivity contribution < 1.29 is 36.4 Å². The largest absolute Gasteiger partial charge is 0.507 e. The van der Waals surface area contributed by atoms with Crippen molar-refractivity contribution in [2.24, 2.45) is 4.99 Å². The molecule has 0 amide bonds. The topological polar surface area (TPSA) is 85.9 Å². The Morgan fingerprint density at radius 3 is 2.00 bits per heavy atom. The molecular weight excluding hydrogens is 499 g/mol. The van der Waals surface area contributed by atoms with E-state index in [2.05, 4.69) is 9.98 Å². The first-order chi connectivity index (χ1) is 11.7. The molecule has 0 saturated heterocycles. The average molecular weight is 517 g/mol. The monoisotopic (exact) mass is 517 g/mol. The van der Waals surface area contributed by atoms with E-state index >= 15 is 0 Å². The number of phenols is 2. The van der Waals surface area contributed by atoms with E-state index in [-0.39, 0.29) is 39.2 Å². The van der Waals surface area contributed by atoms with E-state index in [1.165, 1.54) is 6.21 Å². The molecule has 5 nitrogen and oxygen atoms in total. The molecule has 0 bridgehead atoms. The van der Waals surface area contributed by atoms with E-state index in [1.54, 1.807) is 67.0 Å². The van der Waals surface area contributed by atoms with Gasteiger partial charge in [0.25, 0.3) is 0 Å². The molecule has 0 aliphatic heterocycles. The molecule has 1 heterocycles. The van der Waals surface area contributed by atoms with Crippen LogP contribution in [0.2, 0.25) is 0 Å². The summed E-state index contributed by atoms with van der Waals surface area (Å²) in [5.41, 5.74) is 2.00. The molecule has 0 atom stereocenters. The maximum Gasteiger partial charge on any atom is 0.141 e. The molecule has 0 aliphatic rings. The molecule has 2 aromatic carbocycles. The van der Waals surface area contributed by atoms with Crippen LogP contribution in [0.4, 0.5) is 5.69 Å². The number of aromatic hydroxyl groups is 2. The van der Waals surface area contributed by atoms with Crippen LogP contribution in [0.25, 0.3) is 0 Å². The zero-order chi connectivity index (χ0) is 17.2. The normalized spacial score (nSPS) is 9.80. The smallest absolute Gasteiger partial charge is 0.141 e. The molecule has 3 aromatic rings. The van der Waals surface area contributed by atoms with Gasteiger partial charge in [-0.15, -0.1) is 0 Å². The fourth-order valence-electron chi connectivity index (χ4n) is 1.80. The number of phenolic OH excluding ortho intramolecular Hbond substituents is 2. The Bertz CT molecular complexity index is 748. The second-order valence-electron chi connectivity index (χ2n) is 4.82. The summed E-state index contributed by atoms with van der Waals surface area (Å²) in [6.45, 7) is 0.0997. The van der Waals surface area contributed by atoms with Crippen molar-refractivity contribution in [1.82, 2.24) is 4.98 Å². The summed E-state index contributed by atoms with van der Waals surface area (Å²) >= 11 is 0. The number of para-hydroxylation sites is 3. The molecule has 0 fully saturated rings. The quantitative estimate of drug-likeness (QED) is 0.465. The number of aliphatic hydroxyl groups excluding tert-OH is 1. The van der Waals surface area contributed by atoms with E-state index in [9.17, 15) is 10.2 Å². The number of aromatic nitrogens is 1. The number of nitrogens with zero attached hydrogens (tertiary/aromatic N) is 2. The number of pyridine rings is 1. The van der Waals surface area contributed by atoms with E-state index < -0.39 is 0 Å². The van der Waals surface area contributed by atoms with Gasteiger partial charge in [0.15, 0.2) is 0 Å². The average Bonchev–Trinajstić information content (AvgIpc) is 2.63. The van der Waals surface area contributed by atoms with Crippen LogP contribution in [0.1, 0.15) is 11.1 Å². The summed E-state index contributed by atoms with van der Waals surface area (Å²) in [6, 6.07) is 17.2. The van der Waals surface area contributed by atoms with Crippen molar-refractivity contribution in [3.05, 3.63) is 84.2 Å². The van der Waals surface area contributed by atoms with Crippen molar-refractivity contribution >= 4 is 11.9 Å². The van der Waals surface area contributed by atoms with Gasteiger partial charge in [-0.05, 0) is 42.0 Å². The molecular formula is C19H18N2O3Pt. The van der Waals surface area contributed by atoms with Gasteiger partial charge in [-0.3, -0.25) is 9.98 Å². The number of aliphatic hydroxyl groups is 1. The van der Waals surface area contributed by atoms with Crippen molar-refractivity contribution in [3.8, 4) is 11.5 Å². The Balaban J connectivity index is 0.000000295. The maximum atomic E-state index is 9.50. The number of hydrogen-bond acceptors (Lipinski definition) is 5. The number of benzene rings is 2. The van der Waals surface area contributed by atoms with Gasteiger partial charge in [0.05, 0.1) is 6.61 Å². The number of aliphatic imine (C=N–C) groups is 1. The Kier molecular flexibility index (Phi) is 9.15. The van der Waals surface area contributed by atoms with Gasteiger partial charge < -0.3 is 15.3 Å². The summed E-state index contributed by atoms with van der Waals surface area (Å²) in [6.07, 6.45) is 4.83.